The minimum Gasteiger partial charge on any atom is -0.493 e. The van der Waals surface area contributed by atoms with Gasteiger partial charge in [0.2, 0.25) is 0 Å². The number of nitrogen functional groups attached to an aromatic ring is 5. The number of fused-ring (bicyclic) bond motifs is 5. The first-order chi connectivity index (χ1) is 46.1. The molecule has 1 aliphatic heterocycles. The Morgan fingerprint density at radius 2 is 0.811 bits per heavy atom. The van der Waals surface area contributed by atoms with E-state index in [-0.39, 0.29) is 0 Å². The van der Waals surface area contributed by atoms with Gasteiger partial charge in [0.05, 0.1) is 67.2 Å². The highest BCUT2D eigenvalue weighted by molar-refractivity contribution is 6.30. The van der Waals surface area contributed by atoms with Crippen LogP contribution in [0.2, 0.25) is 5.02 Å². The van der Waals surface area contributed by atoms with Gasteiger partial charge < -0.3 is 52.4 Å². The molecule has 0 amide bonds. The van der Waals surface area contributed by atoms with E-state index in [0.717, 1.165) is 104 Å². The van der Waals surface area contributed by atoms with Crippen molar-refractivity contribution in [3.05, 3.63) is 185 Å². The molecule has 1 saturated carbocycles. The third kappa shape index (κ3) is 18.0. The van der Waals surface area contributed by atoms with Crippen molar-refractivity contribution in [1.29, 1.82) is 0 Å². The Bertz CT molecular complexity index is 4580. The van der Waals surface area contributed by atoms with Gasteiger partial charge in [0.1, 0.15) is 106 Å². The zero-order chi connectivity index (χ0) is 66.8. The van der Waals surface area contributed by atoms with Crippen molar-refractivity contribution in [3.63, 3.8) is 0 Å². The Morgan fingerprint density at radius 1 is 0.421 bits per heavy atom. The summed E-state index contributed by atoms with van der Waals surface area (Å²) in [6, 6.07) is 45.9. The Kier molecular flexibility index (Phi) is 23.0. The summed E-state index contributed by atoms with van der Waals surface area (Å²) in [5.74, 6) is 10.0. The van der Waals surface area contributed by atoms with Gasteiger partial charge in [-0.15, -0.1) is 0 Å². The van der Waals surface area contributed by atoms with Crippen LogP contribution < -0.4 is 52.4 Å². The van der Waals surface area contributed by atoms with E-state index in [1.807, 2.05) is 161 Å². The van der Waals surface area contributed by atoms with Crippen molar-refractivity contribution in [2.24, 2.45) is 0 Å². The standard InChI is InChI=1S/C16H15N3O.C15H12ClN3O.C15H20N4O.C14H17N3O.C13H17N3O/c1-11-18-13-8-5-9-14(15(13)16(17)19-11)20-10-12-6-3-2-4-7-12;1-9-18-12-6-3-7-13(14(12)15(17)19-9)20-11-5-2-4-10(16)8-11;1-11-17-12-5-4-6-13(14(12)15(16)18-11)20-10-9-19-7-2-3-8-19;1-9-16-11-7-4-8-12(13(11)14(15)17-9)18-10-5-2-3-6-10;1-3-4-8-17-11-7-5-6-10-12(11)13(14)16-9(2)15-10/h2-9H,10H2,1H3,(H2,17,18,19);2-8H,1H3,(H2,17,18,19);4-6H,2-3,7-10H2,1H3,(H2,16,17,18);4,7-8,10H,2-3,5-6H2,1H3,(H2,15,16,17);5-7H,3-4,8H2,1-2H3,(H2,14,15,16). The van der Waals surface area contributed by atoms with Gasteiger partial charge in [-0.05, 0) is 177 Å². The molecule has 1 saturated heterocycles. The molecule has 5 aromatic heterocycles. The van der Waals surface area contributed by atoms with Crippen molar-refractivity contribution in [1.82, 2.24) is 54.7 Å². The van der Waals surface area contributed by atoms with Gasteiger partial charge in [0, 0.05) is 11.6 Å². The molecule has 2 fully saturated rings. The number of nitrogens with zero attached hydrogens (tertiary/aromatic N) is 11. The van der Waals surface area contributed by atoms with Gasteiger partial charge in [0.15, 0.2) is 0 Å². The number of halogens is 1. The molecule has 6 heterocycles. The number of rotatable bonds is 15. The van der Waals surface area contributed by atoms with Crippen LogP contribution in [-0.2, 0) is 6.61 Å². The molecule has 2 aliphatic rings. The maximum Gasteiger partial charge on any atom is 0.140 e. The average molecular weight is 1300 g/mol. The normalized spacial score (nSPS) is 12.8. The van der Waals surface area contributed by atoms with Gasteiger partial charge in [-0.1, -0.05) is 91.7 Å². The predicted molar refractivity (Wildman–Crippen MR) is 380 cm³/mol. The van der Waals surface area contributed by atoms with E-state index in [2.05, 4.69) is 61.7 Å². The first-order valence-corrected chi connectivity index (χ1v) is 32.3. The summed E-state index contributed by atoms with van der Waals surface area (Å²) >= 11 is 5.95. The second kappa shape index (κ2) is 32.4. The van der Waals surface area contributed by atoms with Crippen LogP contribution in [0.25, 0.3) is 54.5 Å². The maximum absolute atomic E-state index is 6.05. The predicted octanol–water partition coefficient (Wildman–Crippen LogP) is 14.6. The monoisotopic (exact) mass is 1300 g/mol. The van der Waals surface area contributed by atoms with Crippen molar-refractivity contribution in [2.45, 2.75) is 106 Å². The third-order valence-corrected chi connectivity index (χ3v) is 15.8. The Balaban J connectivity index is 0.000000130. The van der Waals surface area contributed by atoms with Crippen LogP contribution in [0, 0.1) is 34.6 Å². The quantitative estimate of drug-likeness (QED) is 0.0596. The molecule has 0 radical (unpaired) electrons. The highest BCUT2D eigenvalue weighted by atomic mass is 35.5. The molecule has 1 aliphatic carbocycles. The number of aryl methyl sites for hydroxylation is 5. The van der Waals surface area contributed by atoms with E-state index >= 15 is 0 Å². The number of hydrogen-bond donors (Lipinski definition) is 5. The van der Waals surface area contributed by atoms with Crippen LogP contribution in [0.5, 0.6) is 34.5 Å². The zero-order valence-corrected chi connectivity index (χ0v) is 55.3. The van der Waals surface area contributed by atoms with Gasteiger partial charge in [-0.2, -0.15) is 0 Å². The molecular formula is C73H81ClN16O5. The summed E-state index contributed by atoms with van der Waals surface area (Å²) in [4.78, 5) is 45.3. The van der Waals surface area contributed by atoms with E-state index in [1.54, 1.807) is 19.1 Å². The number of nitrogens with two attached hydrogens (primary N) is 5. The molecule has 12 aromatic rings. The molecule has 95 heavy (non-hydrogen) atoms. The number of anilines is 5. The van der Waals surface area contributed by atoms with E-state index in [1.165, 1.54) is 38.8 Å². The molecule has 0 atom stereocenters. The molecule has 0 unspecified atom stereocenters. The van der Waals surface area contributed by atoms with Crippen LogP contribution in [0.1, 0.15) is 93.0 Å². The fraction of sp³-hybridized carbons (Fsp3) is 0.288. The number of hydrogen-bond acceptors (Lipinski definition) is 21. The number of aromatic nitrogens is 10. The first-order valence-electron chi connectivity index (χ1n) is 32.0. The van der Waals surface area contributed by atoms with Crippen molar-refractivity contribution in [2.75, 3.05) is 61.5 Å². The van der Waals surface area contributed by atoms with Crippen LogP contribution in [0.15, 0.2) is 146 Å². The van der Waals surface area contributed by atoms with Crippen LogP contribution in [-0.4, -0.2) is 93.7 Å². The second-order valence-corrected chi connectivity index (χ2v) is 23.4. The van der Waals surface area contributed by atoms with Gasteiger partial charge in [-0.3, -0.25) is 4.90 Å². The van der Waals surface area contributed by atoms with Crippen LogP contribution in [0.3, 0.4) is 0 Å². The topological polar surface area (TPSA) is 308 Å². The fourth-order valence-corrected chi connectivity index (χ4v) is 11.4. The molecule has 10 N–H and O–H groups in total. The number of likely N-dealkylation sites (tertiary alicyclic amines) is 1. The summed E-state index contributed by atoms with van der Waals surface area (Å²) in [5.41, 5.74) is 35.1. The summed E-state index contributed by atoms with van der Waals surface area (Å²) in [7, 11) is 0. The molecule has 0 spiro atoms. The maximum atomic E-state index is 6.05. The lowest BCUT2D eigenvalue weighted by Crippen LogP contribution is -2.25. The minimum absolute atomic E-state index is 0.316. The lowest BCUT2D eigenvalue weighted by molar-refractivity contribution is 0.213. The fourth-order valence-electron chi connectivity index (χ4n) is 11.2. The second-order valence-electron chi connectivity index (χ2n) is 23.0. The molecular weight excluding hydrogens is 1220 g/mol. The highest BCUT2D eigenvalue weighted by Crippen LogP contribution is 2.36. The first kappa shape index (κ1) is 67.4. The van der Waals surface area contributed by atoms with Crippen LogP contribution in [0.4, 0.5) is 29.1 Å². The summed E-state index contributed by atoms with van der Waals surface area (Å²) < 4.78 is 29.4. The summed E-state index contributed by atoms with van der Waals surface area (Å²) in [6.45, 7) is 16.5. The molecule has 22 heteroatoms. The Labute approximate surface area is 557 Å². The summed E-state index contributed by atoms with van der Waals surface area (Å²) in [5, 5.41) is 4.57. The molecule has 21 nitrogen and oxygen atoms in total. The largest absolute Gasteiger partial charge is 0.493 e. The Morgan fingerprint density at radius 3 is 1.25 bits per heavy atom. The molecule has 7 aromatic carbocycles. The zero-order valence-electron chi connectivity index (χ0n) is 54.6. The number of benzene rings is 7. The van der Waals surface area contributed by atoms with Gasteiger partial charge in [-0.25, -0.2) is 49.8 Å². The van der Waals surface area contributed by atoms with Crippen molar-refractivity contribution >= 4 is 95.2 Å². The molecule has 14 rings (SSSR count). The lowest BCUT2D eigenvalue weighted by Gasteiger charge is -2.16. The van der Waals surface area contributed by atoms with Gasteiger partial charge >= 0.3 is 0 Å². The van der Waals surface area contributed by atoms with Crippen molar-refractivity contribution in [3.8, 4) is 34.5 Å². The number of unbranched alkanes of at least 4 members (excludes halogenated alkanes) is 1. The number of ether oxygens (including phenoxy) is 5. The van der Waals surface area contributed by atoms with Crippen molar-refractivity contribution < 1.29 is 23.7 Å². The van der Waals surface area contributed by atoms with E-state index in [9.17, 15) is 0 Å². The highest BCUT2D eigenvalue weighted by Gasteiger charge is 2.20. The molecule has 0 bridgehead atoms. The molecule has 490 valence electrons. The van der Waals surface area contributed by atoms with Crippen LogP contribution >= 0.6 is 11.6 Å². The average Bonchev–Trinajstić information content (AvgIpc) is 1.15. The van der Waals surface area contributed by atoms with E-state index < -0.39 is 0 Å². The Hall–Kier alpha value is -10.5. The lowest BCUT2D eigenvalue weighted by atomic mass is 10.2. The smallest absolute Gasteiger partial charge is 0.140 e. The van der Waals surface area contributed by atoms with Gasteiger partial charge in [0.25, 0.3) is 0 Å². The minimum atomic E-state index is 0.316. The van der Waals surface area contributed by atoms with E-state index in [4.69, 9.17) is 64.0 Å². The van der Waals surface area contributed by atoms with E-state index in [0.29, 0.717) is 112 Å². The summed E-state index contributed by atoms with van der Waals surface area (Å²) in [6.07, 6.45) is 9.81. The SMILES string of the molecule is CCCCOc1cccc2nc(C)nc(N)c12.Cc1nc(N)c2c(OC3CCCC3)cccc2n1.Cc1nc(N)c2c(OCCN3CCCC3)cccc2n1.Cc1nc(N)c2c(OCc3ccccc3)cccc2n1.Cc1nc(N)c2c(Oc3cccc(Cl)c3)cccc2n1. The third-order valence-electron chi connectivity index (χ3n) is 15.6.